The van der Waals surface area contributed by atoms with Crippen LogP contribution in [-0.4, -0.2) is 22.8 Å². The first kappa shape index (κ1) is 16.7. The fourth-order valence-electron chi connectivity index (χ4n) is 2.40. The molecule has 6 heteroatoms. The zero-order valence-electron chi connectivity index (χ0n) is 13.0. The third-order valence-electron chi connectivity index (χ3n) is 3.58. The van der Waals surface area contributed by atoms with Crippen molar-refractivity contribution in [1.29, 1.82) is 0 Å². The summed E-state index contributed by atoms with van der Waals surface area (Å²) in [5.74, 6) is -1.57. The minimum atomic E-state index is -1.35. The molecule has 0 aliphatic rings. The molecule has 0 saturated carbocycles. The second-order valence-corrected chi connectivity index (χ2v) is 5.11. The Morgan fingerprint density at radius 2 is 2.04 bits per heavy atom. The Morgan fingerprint density at radius 1 is 1.30 bits per heavy atom. The summed E-state index contributed by atoms with van der Waals surface area (Å²) in [4.78, 5) is 24.0. The molecule has 0 atom stereocenters. The van der Waals surface area contributed by atoms with E-state index >= 15 is 0 Å². The Morgan fingerprint density at radius 3 is 2.65 bits per heavy atom. The van der Waals surface area contributed by atoms with Gasteiger partial charge in [-0.05, 0) is 30.7 Å². The molecule has 0 aliphatic carbocycles. The Labute approximate surface area is 133 Å². The summed E-state index contributed by atoms with van der Waals surface area (Å²) < 4.78 is 20.1. The number of pyridine rings is 1. The number of benzene rings is 1. The van der Waals surface area contributed by atoms with Gasteiger partial charge in [-0.1, -0.05) is 13.3 Å². The minimum absolute atomic E-state index is 0.145. The highest BCUT2D eigenvalue weighted by Gasteiger charge is 2.21. The lowest BCUT2D eigenvalue weighted by Crippen LogP contribution is -2.27. The average Bonchev–Trinajstić information content (AvgIpc) is 2.53. The lowest BCUT2D eigenvalue weighted by Gasteiger charge is -2.13. The van der Waals surface area contributed by atoms with Gasteiger partial charge >= 0.3 is 5.97 Å². The van der Waals surface area contributed by atoms with Crippen molar-refractivity contribution >= 4 is 5.97 Å². The summed E-state index contributed by atoms with van der Waals surface area (Å²) >= 11 is 0. The van der Waals surface area contributed by atoms with E-state index in [1.165, 1.54) is 36.1 Å². The van der Waals surface area contributed by atoms with Gasteiger partial charge in [-0.25, -0.2) is 9.18 Å². The van der Waals surface area contributed by atoms with Crippen LogP contribution >= 0.6 is 0 Å². The number of carboxylic acids is 1. The summed E-state index contributed by atoms with van der Waals surface area (Å²) in [6, 6.07) is 5.29. The smallest absolute Gasteiger partial charge is 0.341 e. The molecule has 0 saturated heterocycles. The van der Waals surface area contributed by atoms with Crippen LogP contribution in [0.4, 0.5) is 4.39 Å². The highest BCUT2D eigenvalue weighted by molar-refractivity contribution is 5.96. The number of ether oxygens (including phenoxy) is 1. The van der Waals surface area contributed by atoms with E-state index in [0.29, 0.717) is 12.3 Å². The lowest BCUT2D eigenvalue weighted by atomic mass is 10.00. The number of aryl methyl sites for hydroxylation is 1. The van der Waals surface area contributed by atoms with Crippen molar-refractivity contribution in [2.75, 3.05) is 7.11 Å². The number of methoxy groups -OCH3 is 1. The molecule has 0 radical (unpaired) electrons. The molecule has 1 heterocycles. The van der Waals surface area contributed by atoms with E-state index in [-0.39, 0.29) is 16.7 Å². The van der Waals surface area contributed by atoms with Crippen molar-refractivity contribution in [3.05, 3.63) is 52.2 Å². The van der Waals surface area contributed by atoms with Crippen molar-refractivity contribution in [3.63, 3.8) is 0 Å². The van der Waals surface area contributed by atoms with E-state index in [1.54, 1.807) is 0 Å². The first-order valence-electron chi connectivity index (χ1n) is 7.30. The average molecular weight is 319 g/mol. The molecule has 0 unspecified atom stereocenters. The van der Waals surface area contributed by atoms with Gasteiger partial charge in [0.05, 0.1) is 7.11 Å². The maximum absolute atomic E-state index is 13.6. The van der Waals surface area contributed by atoms with E-state index in [1.807, 2.05) is 6.92 Å². The predicted octanol–water partition coefficient (Wildman–Crippen LogP) is 3.16. The molecular weight excluding hydrogens is 301 g/mol. The second kappa shape index (κ2) is 7.09. The first-order valence-corrected chi connectivity index (χ1v) is 7.30. The van der Waals surface area contributed by atoms with Crippen LogP contribution in [0.15, 0.2) is 35.3 Å². The predicted molar refractivity (Wildman–Crippen MR) is 84.5 cm³/mol. The standard InChI is InChI=1S/C17H18FNO4/c1-3-4-8-19-9-7-12(15(16(19)20)17(21)22)13-10-11(18)5-6-14(13)23-2/h5-7,9-10H,3-4,8H2,1-2H3,(H,21,22). The van der Waals surface area contributed by atoms with Crippen molar-refractivity contribution in [2.45, 2.75) is 26.3 Å². The number of aromatic carboxylic acids is 1. The van der Waals surface area contributed by atoms with Crippen molar-refractivity contribution in [3.8, 4) is 16.9 Å². The van der Waals surface area contributed by atoms with Crippen LogP contribution in [0.2, 0.25) is 0 Å². The molecule has 5 nitrogen and oxygen atoms in total. The van der Waals surface area contributed by atoms with Crippen LogP contribution in [0.5, 0.6) is 5.75 Å². The number of carboxylic acid groups (broad SMARTS) is 1. The molecule has 2 aromatic rings. The number of hydrogen-bond donors (Lipinski definition) is 1. The van der Waals surface area contributed by atoms with Crippen molar-refractivity contribution in [1.82, 2.24) is 4.57 Å². The molecule has 0 aliphatic heterocycles. The van der Waals surface area contributed by atoms with Gasteiger partial charge in [0.15, 0.2) is 0 Å². The van der Waals surface area contributed by atoms with Crippen LogP contribution < -0.4 is 10.3 Å². The maximum atomic E-state index is 13.6. The minimum Gasteiger partial charge on any atom is -0.496 e. The molecule has 1 aromatic heterocycles. The number of hydrogen-bond acceptors (Lipinski definition) is 3. The van der Waals surface area contributed by atoms with Crippen molar-refractivity contribution < 1.29 is 19.0 Å². The van der Waals surface area contributed by atoms with Gasteiger partial charge < -0.3 is 14.4 Å². The molecule has 1 aromatic carbocycles. The van der Waals surface area contributed by atoms with E-state index < -0.39 is 17.3 Å². The van der Waals surface area contributed by atoms with Crippen LogP contribution in [0.3, 0.4) is 0 Å². The van der Waals surface area contributed by atoms with Gasteiger partial charge in [0.2, 0.25) is 0 Å². The zero-order chi connectivity index (χ0) is 17.0. The van der Waals surface area contributed by atoms with Gasteiger partial charge in [0, 0.05) is 23.9 Å². The van der Waals surface area contributed by atoms with E-state index in [0.717, 1.165) is 18.9 Å². The number of unbranched alkanes of at least 4 members (excludes halogenated alkanes) is 1. The quantitative estimate of drug-likeness (QED) is 0.888. The Hall–Kier alpha value is -2.63. The topological polar surface area (TPSA) is 68.5 Å². The Kier molecular flexibility index (Phi) is 5.16. The van der Waals surface area contributed by atoms with Gasteiger partial charge in [-0.2, -0.15) is 0 Å². The normalized spacial score (nSPS) is 10.6. The van der Waals surface area contributed by atoms with Crippen LogP contribution in [0.25, 0.3) is 11.1 Å². The summed E-state index contributed by atoms with van der Waals surface area (Å²) in [5, 5.41) is 9.44. The van der Waals surface area contributed by atoms with Gasteiger partial charge in [-0.3, -0.25) is 4.79 Å². The molecule has 0 bridgehead atoms. The largest absolute Gasteiger partial charge is 0.496 e. The molecular formula is C17H18FNO4. The maximum Gasteiger partial charge on any atom is 0.341 e. The summed E-state index contributed by atoms with van der Waals surface area (Å²) in [5.41, 5.74) is -0.599. The number of aromatic nitrogens is 1. The zero-order valence-corrected chi connectivity index (χ0v) is 13.0. The number of carbonyl (C=O) groups is 1. The van der Waals surface area contributed by atoms with E-state index in [4.69, 9.17) is 4.74 Å². The highest BCUT2D eigenvalue weighted by Crippen LogP contribution is 2.32. The van der Waals surface area contributed by atoms with Gasteiger partial charge in [0.25, 0.3) is 5.56 Å². The third-order valence-corrected chi connectivity index (χ3v) is 3.58. The van der Waals surface area contributed by atoms with Gasteiger partial charge in [-0.15, -0.1) is 0 Å². The number of halogens is 1. The molecule has 0 fully saturated rings. The molecule has 122 valence electrons. The SMILES string of the molecule is CCCCn1ccc(-c2cc(F)ccc2OC)c(C(=O)O)c1=O. The molecule has 0 spiro atoms. The first-order chi connectivity index (χ1) is 11.0. The van der Waals surface area contributed by atoms with Gasteiger partial charge in [0.1, 0.15) is 17.1 Å². The van der Waals surface area contributed by atoms with Crippen LogP contribution in [-0.2, 0) is 6.54 Å². The van der Waals surface area contributed by atoms with Crippen LogP contribution in [0.1, 0.15) is 30.1 Å². The second-order valence-electron chi connectivity index (χ2n) is 5.11. The third kappa shape index (κ3) is 3.41. The highest BCUT2D eigenvalue weighted by atomic mass is 19.1. The Bertz CT molecular complexity index is 783. The Balaban J connectivity index is 2.68. The monoisotopic (exact) mass is 319 g/mol. The molecule has 23 heavy (non-hydrogen) atoms. The number of nitrogens with zero attached hydrogens (tertiary/aromatic N) is 1. The lowest BCUT2D eigenvalue weighted by molar-refractivity contribution is 0.0695. The fourth-order valence-corrected chi connectivity index (χ4v) is 2.40. The number of rotatable bonds is 6. The van der Waals surface area contributed by atoms with Crippen molar-refractivity contribution in [2.24, 2.45) is 0 Å². The van der Waals surface area contributed by atoms with Crippen LogP contribution in [0, 0.1) is 5.82 Å². The summed E-state index contributed by atoms with van der Waals surface area (Å²) in [6.07, 6.45) is 3.18. The summed E-state index contributed by atoms with van der Waals surface area (Å²) in [6.45, 7) is 2.42. The molecule has 2 rings (SSSR count). The molecule has 1 N–H and O–H groups in total. The fraction of sp³-hybridized carbons (Fsp3) is 0.294. The molecule has 0 amide bonds. The van der Waals surface area contributed by atoms with E-state index in [9.17, 15) is 19.1 Å². The van der Waals surface area contributed by atoms with E-state index in [2.05, 4.69) is 0 Å². The summed E-state index contributed by atoms with van der Waals surface area (Å²) in [7, 11) is 1.40.